The topological polar surface area (TPSA) is 0 Å². The average molecular weight is 543 g/mol. The van der Waals surface area contributed by atoms with E-state index in [-0.39, 0.29) is 0 Å². The standard InChI is InChI=1S/C39H42S/c1-11-20-34-27(10)30(15-5)31(16-6)32(17-7)37(34)24-26(9)28(13-3)25-29(14-4)35-22-19-23-36-33(18-8)38(21-12-2)40-39(35)36/h11-25H,4,8-9H2,1-3,5-7,10H3/b20-11-,21-12-,28-13+,29-25+,30-15-,31-16+,32-17-,37-24+. The summed E-state index contributed by atoms with van der Waals surface area (Å²) in [6.07, 6.45) is 25.7. The van der Waals surface area contributed by atoms with E-state index in [1.165, 1.54) is 58.1 Å². The minimum absolute atomic E-state index is 0.963. The molecule has 0 saturated carbocycles. The van der Waals surface area contributed by atoms with Crippen molar-refractivity contribution in [1.29, 1.82) is 0 Å². The molecule has 0 spiro atoms. The molecule has 0 saturated heterocycles. The van der Waals surface area contributed by atoms with Crippen LogP contribution in [0.2, 0.25) is 0 Å². The van der Waals surface area contributed by atoms with E-state index < -0.39 is 0 Å². The predicted octanol–water partition coefficient (Wildman–Crippen LogP) is 8.87. The molecule has 0 atom stereocenters. The summed E-state index contributed by atoms with van der Waals surface area (Å²) >= 11 is 1.80. The molecule has 1 heterocycles. The van der Waals surface area contributed by atoms with Gasteiger partial charge >= 0.3 is 0 Å². The zero-order chi connectivity index (χ0) is 29.4. The van der Waals surface area contributed by atoms with Crippen molar-refractivity contribution in [3.8, 4) is 0 Å². The molecule has 0 aliphatic heterocycles. The first-order valence-corrected chi connectivity index (χ1v) is 14.7. The number of fused-ring (bicyclic) bond motifs is 1. The van der Waals surface area contributed by atoms with Gasteiger partial charge in [-0.15, -0.1) is 11.3 Å². The first-order chi connectivity index (χ1) is 19.3. The van der Waals surface area contributed by atoms with Gasteiger partial charge in [-0.3, -0.25) is 0 Å². The monoisotopic (exact) mass is 542 g/mol. The van der Waals surface area contributed by atoms with Crippen molar-refractivity contribution in [3.63, 3.8) is 0 Å². The van der Waals surface area contributed by atoms with E-state index in [1.54, 1.807) is 11.3 Å². The molecule has 0 N–H and O–H groups in total. The third kappa shape index (κ3) is 5.81. The van der Waals surface area contributed by atoms with Crippen molar-refractivity contribution in [1.82, 2.24) is 0 Å². The van der Waals surface area contributed by atoms with Crippen LogP contribution in [0, 0.1) is 6.92 Å². The number of rotatable bonds is 8. The highest BCUT2D eigenvalue weighted by molar-refractivity contribution is 7.20. The van der Waals surface area contributed by atoms with Gasteiger partial charge in [-0.2, -0.15) is 0 Å². The summed E-state index contributed by atoms with van der Waals surface area (Å²) in [4.78, 5) is 1.22. The van der Waals surface area contributed by atoms with E-state index in [0.29, 0.717) is 0 Å². The summed E-state index contributed by atoms with van der Waals surface area (Å²) in [6.45, 7) is 27.6. The van der Waals surface area contributed by atoms with Gasteiger partial charge in [0, 0.05) is 15.0 Å². The molecule has 40 heavy (non-hydrogen) atoms. The SMILES string of the molecule is C=C/C(=C\C(=C/C)C(=C)/C=c1c(/C=C\C)c(C)c(=C/C)/c(=C\C)c/1=C/C)c1cccc2c(C=C)c(/C=C\C)sc12. The second kappa shape index (κ2) is 13.9. The summed E-state index contributed by atoms with van der Waals surface area (Å²) in [7, 11) is 0. The molecule has 0 bridgehead atoms. The Labute approximate surface area is 244 Å². The van der Waals surface area contributed by atoms with Crippen LogP contribution in [0.4, 0.5) is 0 Å². The van der Waals surface area contributed by atoms with Gasteiger partial charge in [0.05, 0.1) is 0 Å². The van der Waals surface area contributed by atoms with Crippen molar-refractivity contribution < 1.29 is 0 Å². The van der Waals surface area contributed by atoms with E-state index in [0.717, 1.165) is 16.7 Å². The van der Waals surface area contributed by atoms with Crippen LogP contribution in [0.25, 0.3) is 58.2 Å². The Morgan fingerprint density at radius 3 is 2.00 bits per heavy atom. The lowest BCUT2D eigenvalue weighted by molar-refractivity contribution is 1.27. The van der Waals surface area contributed by atoms with Gasteiger partial charge in [0.15, 0.2) is 0 Å². The average Bonchev–Trinajstić information content (AvgIpc) is 3.32. The molecule has 1 heteroatoms. The third-order valence-electron chi connectivity index (χ3n) is 7.32. The largest absolute Gasteiger partial charge is 0.135 e. The van der Waals surface area contributed by atoms with Crippen LogP contribution in [0.3, 0.4) is 0 Å². The molecule has 3 aromatic rings. The minimum atomic E-state index is 0.963. The van der Waals surface area contributed by atoms with Crippen molar-refractivity contribution in [2.75, 3.05) is 0 Å². The molecule has 3 rings (SSSR count). The fourth-order valence-corrected chi connectivity index (χ4v) is 6.73. The summed E-state index contributed by atoms with van der Waals surface area (Å²) in [6, 6.07) is 6.48. The second-order valence-electron chi connectivity index (χ2n) is 9.54. The lowest BCUT2D eigenvalue weighted by Gasteiger charge is -2.11. The van der Waals surface area contributed by atoms with Crippen molar-refractivity contribution in [3.05, 3.63) is 127 Å². The Bertz CT molecular complexity index is 1840. The fourth-order valence-electron chi connectivity index (χ4n) is 5.42. The van der Waals surface area contributed by atoms with E-state index in [2.05, 4.69) is 140 Å². The fraction of sp³-hybridized carbons (Fsp3) is 0.179. The number of benzene rings is 2. The van der Waals surface area contributed by atoms with Crippen LogP contribution in [0.15, 0.2) is 79.5 Å². The predicted molar refractivity (Wildman–Crippen MR) is 187 cm³/mol. The highest BCUT2D eigenvalue weighted by atomic mass is 32.1. The van der Waals surface area contributed by atoms with E-state index >= 15 is 0 Å². The van der Waals surface area contributed by atoms with E-state index in [9.17, 15) is 0 Å². The number of hydrogen-bond donors (Lipinski definition) is 0. The van der Waals surface area contributed by atoms with Crippen molar-refractivity contribution >= 4 is 69.5 Å². The third-order valence-corrected chi connectivity index (χ3v) is 8.54. The highest BCUT2D eigenvalue weighted by Crippen LogP contribution is 2.38. The van der Waals surface area contributed by atoms with Crippen LogP contribution in [-0.2, 0) is 0 Å². The van der Waals surface area contributed by atoms with Crippen LogP contribution >= 0.6 is 11.3 Å². The van der Waals surface area contributed by atoms with Gasteiger partial charge < -0.3 is 0 Å². The second-order valence-corrected chi connectivity index (χ2v) is 10.6. The first kappa shape index (κ1) is 30.6. The normalized spacial score (nSPS) is 14.9. The van der Waals surface area contributed by atoms with Gasteiger partial charge in [0.25, 0.3) is 0 Å². The molecule has 204 valence electrons. The highest BCUT2D eigenvalue weighted by Gasteiger charge is 2.13. The number of thiophene rings is 1. The smallest absolute Gasteiger partial charge is 0.0433 e. The Kier molecular flexibility index (Phi) is 10.6. The van der Waals surface area contributed by atoms with Crippen molar-refractivity contribution in [2.45, 2.75) is 48.5 Å². The molecule has 0 fully saturated rings. The van der Waals surface area contributed by atoms with Crippen LogP contribution in [0.1, 0.15) is 68.7 Å². The van der Waals surface area contributed by atoms with Gasteiger partial charge in [-0.25, -0.2) is 0 Å². The molecule has 0 nitrogen and oxygen atoms in total. The van der Waals surface area contributed by atoms with Crippen LogP contribution < -0.4 is 20.9 Å². The lowest BCUT2D eigenvalue weighted by atomic mass is 9.94. The summed E-state index contributed by atoms with van der Waals surface area (Å²) in [5.74, 6) is 0. The molecule has 2 aromatic carbocycles. The number of hydrogen-bond acceptors (Lipinski definition) is 1. The Morgan fingerprint density at radius 1 is 0.800 bits per heavy atom. The van der Waals surface area contributed by atoms with Gasteiger partial charge in [-0.1, -0.05) is 92.6 Å². The zero-order valence-electron chi connectivity index (χ0n) is 25.2. The van der Waals surface area contributed by atoms with Crippen LogP contribution in [0.5, 0.6) is 0 Å². The Morgan fingerprint density at radius 2 is 1.45 bits per heavy atom. The molecular formula is C39H42S. The molecule has 0 aliphatic rings. The maximum absolute atomic E-state index is 4.55. The zero-order valence-corrected chi connectivity index (χ0v) is 26.0. The molecule has 0 aliphatic carbocycles. The quantitative estimate of drug-likeness (QED) is 0.249. The lowest BCUT2D eigenvalue weighted by Crippen LogP contribution is -2.50. The van der Waals surface area contributed by atoms with Gasteiger partial charge in [0.1, 0.15) is 0 Å². The van der Waals surface area contributed by atoms with Gasteiger partial charge in [-0.05, 0) is 127 Å². The van der Waals surface area contributed by atoms with Crippen LogP contribution in [-0.4, -0.2) is 0 Å². The Balaban J connectivity index is 2.31. The molecular weight excluding hydrogens is 500 g/mol. The maximum atomic E-state index is 4.55. The number of allylic oxidation sites excluding steroid dienone is 8. The molecule has 1 aromatic heterocycles. The summed E-state index contributed by atoms with van der Waals surface area (Å²) in [5.41, 5.74) is 7.96. The van der Waals surface area contributed by atoms with Crippen molar-refractivity contribution in [2.24, 2.45) is 0 Å². The molecule has 0 amide bonds. The van der Waals surface area contributed by atoms with Gasteiger partial charge in [0.2, 0.25) is 0 Å². The maximum Gasteiger partial charge on any atom is 0.0433 e. The minimum Gasteiger partial charge on any atom is -0.135 e. The first-order valence-electron chi connectivity index (χ1n) is 13.9. The van der Waals surface area contributed by atoms with E-state index in [1.807, 2.05) is 19.1 Å². The van der Waals surface area contributed by atoms with E-state index in [4.69, 9.17) is 0 Å². The Hall–Kier alpha value is -3.94. The molecule has 0 radical (unpaired) electrons. The summed E-state index contributed by atoms with van der Waals surface area (Å²) in [5, 5.41) is 6.19. The molecule has 0 unspecified atom stereocenters. The summed E-state index contributed by atoms with van der Waals surface area (Å²) < 4.78 is 1.24.